The second-order valence-electron chi connectivity index (χ2n) is 4.29. The van der Waals surface area contributed by atoms with Crippen molar-refractivity contribution in [2.24, 2.45) is 5.92 Å². The summed E-state index contributed by atoms with van der Waals surface area (Å²) in [4.78, 5) is 2.33. The maximum atomic E-state index is 9.80. The molecule has 2 rings (SSSR count). The number of β-amino-alcohol motifs (C(OH)–C–C–N with tert-alkyl or cyclic N) is 1. The first-order valence-corrected chi connectivity index (χ1v) is 6.96. The van der Waals surface area contributed by atoms with Gasteiger partial charge >= 0.3 is 0 Å². The number of rotatable bonds is 2. The molecule has 0 amide bonds. The Morgan fingerprint density at radius 3 is 3.07 bits per heavy atom. The van der Waals surface area contributed by atoms with E-state index in [0.29, 0.717) is 5.92 Å². The monoisotopic (exact) mass is 289 g/mol. The minimum Gasteiger partial charge on any atom is -0.392 e. The fourth-order valence-corrected chi connectivity index (χ4v) is 3.15. The molecular weight excluding hydrogens is 274 g/mol. The molecule has 1 aliphatic heterocycles. The number of hydrogen-bond donors (Lipinski definition) is 1. The molecule has 0 radical (unpaired) electrons. The van der Waals surface area contributed by atoms with Gasteiger partial charge in [-0.05, 0) is 51.8 Å². The van der Waals surface area contributed by atoms with E-state index in [4.69, 9.17) is 0 Å². The van der Waals surface area contributed by atoms with Crippen LogP contribution in [-0.4, -0.2) is 29.2 Å². The number of nitrogens with zero attached hydrogens (tertiary/aromatic N) is 1. The van der Waals surface area contributed by atoms with E-state index < -0.39 is 0 Å². The van der Waals surface area contributed by atoms with Crippen LogP contribution in [0.4, 0.5) is 0 Å². The lowest BCUT2D eigenvalue weighted by atomic mass is 9.96. The van der Waals surface area contributed by atoms with Crippen LogP contribution < -0.4 is 0 Å². The Morgan fingerprint density at radius 2 is 2.47 bits per heavy atom. The summed E-state index contributed by atoms with van der Waals surface area (Å²) in [7, 11) is 0. The van der Waals surface area contributed by atoms with Gasteiger partial charge in [0.15, 0.2) is 0 Å². The second-order valence-corrected chi connectivity index (χ2v) is 6.52. The first-order chi connectivity index (χ1) is 7.16. The fourth-order valence-electron chi connectivity index (χ4n) is 1.93. The van der Waals surface area contributed by atoms with Gasteiger partial charge in [-0.3, -0.25) is 4.90 Å². The van der Waals surface area contributed by atoms with Crippen LogP contribution in [0.1, 0.15) is 18.9 Å². The van der Waals surface area contributed by atoms with Gasteiger partial charge in [0, 0.05) is 13.1 Å². The molecule has 1 aromatic heterocycles. The SMILES string of the molecule is CC1CCN(Cc2ccsc2Br)CC1O. The number of aliphatic hydroxyl groups is 1. The molecule has 2 atom stereocenters. The van der Waals surface area contributed by atoms with Crippen molar-refractivity contribution in [3.63, 3.8) is 0 Å². The number of aliphatic hydroxyl groups excluding tert-OH is 1. The Balaban J connectivity index is 1.94. The Hall–Kier alpha value is 0.1000. The molecule has 1 aromatic rings. The predicted molar refractivity (Wildman–Crippen MR) is 67.1 cm³/mol. The van der Waals surface area contributed by atoms with Gasteiger partial charge in [-0.1, -0.05) is 6.92 Å². The second kappa shape index (κ2) is 4.95. The molecule has 0 aliphatic carbocycles. The summed E-state index contributed by atoms with van der Waals surface area (Å²) in [5, 5.41) is 11.9. The zero-order chi connectivity index (χ0) is 10.8. The maximum Gasteiger partial charge on any atom is 0.0743 e. The summed E-state index contributed by atoms with van der Waals surface area (Å²) in [6, 6.07) is 2.15. The van der Waals surface area contributed by atoms with Gasteiger partial charge in [0.2, 0.25) is 0 Å². The van der Waals surface area contributed by atoms with Crippen molar-refractivity contribution in [2.45, 2.75) is 26.0 Å². The Labute approximate surface area is 103 Å². The van der Waals surface area contributed by atoms with Crippen molar-refractivity contribution in [2.75, 3.05) is 13.1 Å². The molecule has 84 valence electrons. The normalized spacial score (nSPS) is 28.2. The van der Waals surface area contributed by atoms with E-state index in [9.17, 15) is 5.11 Å². The van der Waals surface area contributed by atoms with Crippen LogP contribution >= 0.6 is 27.3 Å². The molecule has 1 saturated heterocycles. The number of piperidine rings is 1. The quantitative estimate of drug-likeness (QED) is 0.905. The van der Waals surface area contributed by atoms with Gasteiger partial charge in [-0.15, -0.1) is 11.3 Å². The van der Waals surface area contributed by atoms with Crippen molar-refractivity contribution in [1.29, 1.82) is 0 Å². The highest BCUT2D eigenvalue weighted by molar-refractivity contribution is 9.11. The first kappa shape index (κ1) is 11.6. The van der Waals surface area contributed by atoms with Crippen LogP contribution in [0.5, 0.6) is 0 Å². The van der Waals surface area contributed by atoms with Gasteiger partial charge in [0.05, 0.1) is 9.89 Å². The number of thiophene rings is 1. The Kier molecular flexibility index (Phi) is 3.83. The van der Waals surface area contributed by atoms with E-state index >= 15 is 0 Å². The van der Waals surface area contributed by atoms with Crippen molar-refractivity contribution in [3.05, 3.63) is 20.8 Å². The summed E-state index contributed by atoms with van der Waals surface area (Å²) in [6.07, 6.45) is 0.944. The van der Waals surface area contributed by atoms with Gasteiger partial charge in [0.1, 0.15) is 0 Å². The summed E-state index contributed by atoms with van der Waals surface area (Å²) < 4.78 is 1.22. The molecule has 1 fully saturated rings. The van der Waals surface area contributed by atoms with E-state index in [1.807, 2.05) is 0 Å². The smallest absolute Gasteiger partial charge is 0.0743 e. The van der Waals surface area contributed by atoms with Crippen molar-refractivity contribution in [1.82, 2.24) is 4.90 Å². The highest BCUT2D eigenvalue weighted by atomic mass is 79.9. The topological polar surface area (TPSA) is 23.5 Å². The van der Waals surface area contributed by atoms with Gasteiger partial charge in [0.25, 0.3) is 0 Å². The van der Waals surface area contributed by atoms with Gasteiger partial charge in [-0.2, -0.15) is 0 Å². The molecular formula is C11H16BrNOS. The average Bonchev–Trinajstić information content (AvgIpc) is 2.59. The number of likely N-dealkylation sites (tertiary alicyclic amines) is 1. The molecule has 2 nitrogen and oxygen atoms in total. The lowest BCUT2D eigenvalue weighted by Crippen LogP contribution is -2.42. The van der Waals surface area contributed by atoms with Crippen molar-refractivity contribution in [3.8, 4) is 0 Å². The molecule has 2 heterocycles. The third-order valence-electron chi connectivity index (χ3n) is 3.09. The average molecular weight is 290 g/mol. The molecule has 1 aliphatic rings. The fraction of sp³-hybridized carbons (Fsp3) is 0.636. The largest absolute Gasteiger partial charge is 0.392 e. The zero-order valence-electron chi connectivity index (χ0n) is 8.82. The van der Waals surface area contributed by atoms with Crippen LogP contribution in [0.15, 0.2) is 15.2 Å². The molecule has 15 heavy (non-hydrogen) atoms. The lowest BCUT2D eigenvalue weighted by molar-refractivity contribution is 0.0259. The number of halogens is 1. The molecule has 0 spiro atoms. The van der Waals surface area contributed by atoms with Crippen LogP contribution in [0, 0.1) is 5.92 Å². The first-order valence-electron chi connectivity index (χ1n) is 5.29. The molecule has 0 aromatic carbocycles. The zero-order valence-corrected chi connectivity index (χ0v) is 11.2. The van der Waals surface area contributed by atoms with Crippen molar-refractivity contribution >= 4 is 27.3 Å². The van der Waals surface area contributed by atoms with Crippen LogP contribution in [0.3, 0.4) is 0 Å². The molecule has 4 heteroatoms. The van der Waals surface area contributed by atoms with Crippen molar-refractivity contribution < 1.29 is 5.11 Å². The van der Waals surface area contributed by atoms with Gasteiger partial charge in [-0.25, -0.2) is 0 Å². The Bertz CT molecular complexity index is 328. The summed E-state index contributed by atoms with van der Waals surface area (Å²) >= 11 is 5.27. The molecule has 0 bridgehead atoms. The van der Waals surface area contributed by atoms with E-state index in [2.05, 4.69) is 39.2 Å². The lowest BCUT2D eigenvalue weighted by Gasteiger charge is -2.34. The highest BCUT2D eigenvalue weighted by Gasteiger charge is 2.24. The van der Waals surface area contributed by atoms with E-state index in [1.165, 1.54) is 9.35 Å². The summed E-state index contributed by atoms with van der Waals surface area (Å²) in [6.45, 7) is 4.99. The third kappa shape index (κ3) is 2.81. The molecule has 1 N–H and O–H groups in total. The van der Waals surface area contributed by atoms with Gasteiger partial charge < -0.3 is 5.11 Å². The highest BCUT2D eigenvalue weighted by Crippen LogP contribution is 2.26. The van der Waals surface area contributed by atoms with Crippen LogP contribution in [-0.2, 0) is 6.54 Å². The molecule has 2 unspecified atom stereocenters. The number of hydrogen-bond acceptors (Lipinski definition) is 3. The minimum absolute atomic E-state index is 0.156. The summed E-state index contributed by atoms with van der Waals surface area (Å²) in [5.41, 5.74) is 1.33. The predicted octanol–water partition coefficient (Wildman–Crippen LogP) is 2.71. The standard InChI is InChI=1S/C11H16BrNOS/c1-8-2-4-13(7-10(8)14)6-9-3-5-15-11(9)12/h3,5,8,10,14H,2,4,6-7H2,1H3. The third-order valence-corrected chi connectivity index (χ3v) is 4.90. The van der Waals surface area contributed by atoms with E-state index in [1.54, 1.807) is 11.3 Å². The minimum atomic E-state index is -0.156. The maximum absolute atomic E-state index is 9.80. The Morgan fingerprint density at radius 1 is 1.67 bits per heavy atom. The van der Waals surface area contributed by atoms with E-state index in [-0.39, 0.29) is 6.10 Å². The summed E-state index contributed by atoms with van der Waals surface area (Å²) in [5.74, 6) is 0.451. The van der Waals surface area contributed by atoms with Crippen LogP contribution in [0.25, 0.3) is 0 Å². The molecule has 0 saturated carbocycles. The van der Waals surface area contributed by atoms with Crippen LogP contribution in [0.2, 0.25) is 0 Å². The van der Waals surface area contributed by atoms with E-state index in [0.717, 1.165) is 26.1 Å².